The van der Waals surface area contributed by atoms with Crippen LogP contribution in [-0.2, 0) is 0 Å². The quantitative estimate of drug-likeness (QED) is 0.583. The van der Waals surface area contributed by atoms with E-state index in [1.54, 1.807) is 0 Å². The second kappa shape index (κ2) is 5.35. The van der Waals surface area contributed by atoms with E-state index in [1.165, 1.54) is 0 Å². The first-order valence-corrected chi connectivity index (χ1v) is 5.80. The smallest absolute Gasteiger partial charge is 0.160 e. The van der Waals surface area contributed by atoms with Gasteiger partial charge in [-0.2, -0.15) is 26.3 Å². The van der Waals surface area contributed by atoms with Crippen molar-refractivity contribution < 1.29 is 26.3 Å². The summed E-state index contributed by atoms with van der Waals surface area (Å²) in [4.78, 5) is 0. The summed E-state index contributed by atoms with van der Waals surface area (Å²) < 4.78 is 68.8. The molecule has 84 valence electrons. The fourth-order valence-corrected chi connectivity index (χ4v) is 2.69. The van der Waals surface area contributed by atoms with Gasteiger partial charge in [0.25, 0.3) is 0 Å². The first-order chi connectivity index (χ1) is 6.01. The molecule has 0 saturated carbocycles. The molecule has 0 heterocycles. The van der Waals surface area contributed by atoms with Gasteiger partial charge >= 0.3 is 11.0 Å². The first-order valence-electron chi connectivity index (χ1n) is 2.58. The Balaban J connectivity index is 4.45. The molecule has 0 unspecified atom stereocenters. The fraction of sp³-hybridized carbons (Fsp3) is 0.500. The van der Waals surface area contributed by atoms with Crippen LogP contribution in [0.4, 0.5) is 26.3 Å². The molecule has 0 N–H and O–H groups in total. The van der Waals surface area contributed by atoms with E-state index >= 15 is 0 Å². The summed E-state index contributed by atoms with van der Waals surface area (Å²) in [5.41, 5.74) is -9.24. The van der Waals surface area contributed by atoms with E-state index in [1.807, 2.05) is 0 Å². The van der Waals surface area contributed by atoms with Crippen molar-refractivity contribution in [1.29, 1.82) is 0 Å². The monoisotopic (exact) mass is 384 g/mol. The van der Waals surface area contributed by atoms with Crippen LogP contribution in [0.15, 0.2) is 7.63 Å². The van der Waals surface area contributed by atoms with Crippen molar-refractivity contribution in [2.75, 3.05) is 0 Å². The molecule has 0 aromatic carbocycles. The van der Waals surface area contributed by atoms with Crippen LogP contribution in [0.2, 0.25) is 0 Å². The summed E-state index contributed by atoms with van der Waals surface area (Å²) in [6, 6.07) is 0. The zero-order chi connectivity index (χ0) is 11.6. The van der Waals surface area contributed by atoms with E-state index in [0.29, 0.717) is 0 Å². The van der Waals surface area contributed by atoms with Gasteiger partial charge in [0.15, 0.2) is 0 Å². The maximum absolute atomic E-state index is 11.7. The third-order valence-corrected chi connectivity index (χ3v) is 4.75. The van der Waals surface area contributed by atoms with E-state index < -0.39 is 42.2 Å². The molecule has 0 aliphatic rings. The van der Waals surface area contributed by atoms with E-state index in [-0.39, 0.29) is 0 Å². The number of hydrogen-bond donors (Lipinski definition) is 0. The van der Waals surface area contributed by atoms with Gasteiger partial charge in [-0.3, -0.25) is 0 Å². The van der Waals surface area contributed by atoms with Crippen LogP contribution in [0.3, 0.4) is 0 Å². The van der Waals surface area contributed by atoms with Crippen molar-refractivity contribution in [2.24, 2.45) is 0 Å². The predicted molar refractivity (Wildman–Crippen MR) is 52.2 cm³/mol. The normalized spacial score (nSPS) is 15.4. The third kappa shape index (κ3) is 8.30. The van der Waals surface area contributed by atoms with Crippen LogP contribution in [0.1, 0.15) is 0 Å². The van der Waals surface area contributed by atoms with Gasteiger partial charge in [0.1, 0.15) is 0 Å². The maximum Gasteiger partial charge on any atom is 0.446 e. The van der Waals surface area contributed by atoms with Crippen molar-refractivity contribution in [1.82, 2.24) is 0 Å². The molecule has 0 aromatic heterocycles. The number of halogens is 8. The van der Waals surface area contributed by atoms with Gasteiger partial charge in [-0.25, -0.2) is 0 Å². The van der Waals surface area contributed by atoms with Gasteiger partial charge in [0.2, 0.25) is 0 Å². The van der Waals surface area contributed by atoms with Gasteiger partial charge in [-0.05, 0) is 55.4 Å². The molecule has 10 heteroatoms. The molecule has 0 aromatic rings. The van der Waals surface area contributed by atoms with Gasteiger partial charge in [0.05, 0.1) is 7.63 Å². The lowest BCUT2D eigenvalue weighted by Gasteiger charge is -2.08. The summed E-state index contributed by atoms with van der Waals surface area (Å²) in [5.74, 6) is 0. The highest BCUT2D eigenvalue weighted by Crippen LogP contribution is 2.48. The van der Waals surface area contributed by atoms with Crippen LogP contribution in [0.5, 0.6) is 0 Å². The zero-order valence-corrected chi connectivity index (χ0v) is 10.6. The topological polar surface area (TPSA) is 0 Å². The predicted octanol–water partition coefficient (Wildman–Crippen LogP) is 5.41. The molecule has 0 aliphatic carbocycles. The zero-order valence-electron chi connectivity index (χ0n) is 5.84. The highest BCUT2D eigenvalue weighted by Gasteiger charge is 2.34. The van der Waals surface area contributed by atoms with Crippen molar-refractivity contribution in [3.8, 4) is 0 Å². The lowest BCUT2D eigenvalue weighted by atomic mass is 11.2. The van der Waals surface area contributed by atoms with Crippen LogP contribution in [0.25, 0.3) is 0 Å². The van der Waals surface area contributed by atoms with Crippen LogP contribution < -0.4 is 0 Å². The Hall–Kier alpha value is 0.980. The summed E-state index contributed by atoms with van der Waals surface area (Å²) in [7, 11) is 0. The van der Waals surface area contributed by atoms with E-state index in [2.05, 4.69) is 31.9 Å². The Morgan fingerprint density at radius 2 is 0.929 bits per heavy atom. The van der Waals surface area contributed by atoms with Crippen LogP contribution in [0, 0.1) is 0 Å². The SMILES string of the molecule is FC(F)(F)SC(Br)=C(Br)SC(F)(F)F. The Morgan fingerprint density at radius 3 is 1.07 bits per heavy atom. The lowest BCUT2D eigenvalue weighted by Crippen LogP contribution is -2.01. The number of rotatable bonds is 2. The van der Waals surface area contributed by atoms with E-state index in [4.69, 9.17) is 0 Å². The summed E-state index contributed by atoms with van der Waals surface area (Å²) in [6.07, 6.45) is 0. The van der Waals surface area contributed by atoms with Gasteiger partial charge in [-0.1, -0.05) is 0 Å². The number of alkyl halides is 6. The van der Waals surface area contributed by atoms with E-state index in [0.717, 1.165) is 0 Å². The molecule has 0 fully saturated rings. The average molecular weight is 386 g/mol. The first kappa shape index (κ1) is 15.0. The standard InChI is InChI=1S/C4Br2F6S2/c5-1(13-3(7,8)9)2(6)14-4(10,11)12. The Bertz CT molecular complexity index is 207. The van der Waals surface area contributed by atoms with Gasteiger partial charge in [-0.15, -0.1) is 0 Å². The minimum Gasteiger partial charge on any atom is -0.160 e. The lowest BCUT2D eigenvalue weighted by molar-refractivity contribution is -0.0333. The summed E-state index contributed by atoms with van der Waals surface area (Å²) >= 11 is 3.44. The molecule has 0 bridgehead atoms. The second-order valence-corrected chi connectivity index (χ2v) is 6.43. The Kier molecular flexibility index (Phi) is 5.73. The molecule has 0 saturated heterocycles. The van der Waals surface area contributed by atoms with Crippen molar-refractivity contribution in [3.05, 3.63) is 7.63 Å². The molecule has 0 nitrogen and oxygen atoms in total. The molecule has 0 aliphatic heterocycles. The van der Waals surface area contributed by atoms with Gasteiger partial charge in [0, 0.05) is 0 Å². The molecular weight excluding hydrogens is 386 g/mol. The van der Waals surface area contributed by atoms with Crippen molar-refractivity contribution in [3.63, 3.8) is 0 Å². The summed E-state index contributed by atoms with van der Waals surface area (Å²) in [5, 5.41) is 0. The minimum absolute atomic E-state index is 0.660. The summed E-state index contributed by atoms with van der Waals surface area (Å²) in [6.45, 7) is 0. The maximum atomic E-state index is 11.7. The fourth-order valence-electron chi connectivity index (χ4n) is 0.283. The molecule has 14 heavy (non-hydrogen) atoms. The molecule has 0 rings (SSSR count). The van der Waals surface area contributed by atoms with Crippen molar-refractivity contribution >= 4 is 55.4 Å². The molecular formula is C4Br2F6S2. The number of thioether (sulfide) groups is 2. The van der Waals surface area contributed by atoms with Crippen LogP contribution in [-0.4, -0.2) is 11.0 Å². The number of hydrogen-bond acceptors (Lipinski definition) is 2. The third-order valence-electron chi connectivity index (χ3n) is 0.565. The molecule has 0 atom stereocenters. The highest BCUT2D eigenvalue weighted by molar-refractivity contribution is 9.17. The Labute approximate surface area is 100 Å². The van der Waals surface area contributed by atoms with E-state index in [9.17, 15) is 26.3 Å². The van der Waals surface area contributed by atoms with Crippen LogP contribution >= 0.6 is 55.4 Å². The molecule has 0 radical (unpaired) electrons. The molecule has 0 amide bonds. The largest absolute Gasteiger partial charge is 0.446 e. The highest BCUT2D eigenvalue weighted by atomic mass is 79.9. The molecule has 0 spiro atoms. The second-order valence-electron chi connectivity index (χ2n) is 1.64. The Morgan fingerprint density at radius 1 is 0.714 bits per heavy atom. The average Bonchev–Trinajstić information content (AvgIpc) is 1.78. The minimum atomic E-state index is -4.62. The van der Waals surface area contributed by atoms with Crippen molar-refractivity contribution in [2.45, 2.75) is 11.0 Å². The van der Waals surface area contributed by atoms with Gasteiger partial charge < -0.3 is 0 Å².